The van der Waals surface area contributed by atoms with E-state index in [9.17, 15) is 0 Å². The summed E-state index contributed by atoms with van der Waals surface area (Å²) in [5, 5.41) is 0. The van der Waals surface area contributed by atoms with E-state index in [2.05, 4.69) is 6.92 Å². The van der Waals surface area contributed by atoms with Gasteiger partial charge in [-0.25, -0.2) is 0 Å². The third-order valence-corrected chi connectivity index (χ3v) is 3.12. The van der Waals surface area contributed by atoms with Gasteiger partial charge in [0, 0.05) is 0 Å². The van der Waals surface area contributed by atoms with Crippen molar-refractivity contribution in [1.29, 1.82) is 0 Å². The Labute approximate surface area is 51.3 Å². The molecule has 2 fully saturated rings. The molecule has 0 bridgehead atoms. The van der Waals surface area contributed by atoms with Crippen LogP contribution in [0.1, 0.15) is 32.6 Å². The van der Waals surface area contributed by atoms with Crippen molar-refractivity contribution in [2.24, 2.45) is 17.8 Å². The Morgan fingerprint density at radius 1 is 1.25 bits per heavy atom. The lowest BCUT2D eigenvalue weighted by atomic mass is 9.68. The molecule has 0 N–H and O–H groups in total. The summed E-state index contributed by atoms with van der Waals surface area (Å²) in [6.45, 7) is 2.41. The topological polar surface area (TPSA) is 0 Å². The van der Waals surface area contributed by atoms with E-state index in [1.54, 1.807) is 19.3 Å². The zero-order valence-corrected chi connectivity index (χ0v) is 5.56. The van der Waals surface area contributed by atoms with Crippen LogP contribution in [0.2, 0.25) is 0 Å². The molecule has 0 spiro atoms. The lowest BCUT2D eigenvalue weighted by molar-refractivity contribution is 0.120. The van der Waals surface area contributed by atoms with Crippen LogP contribution in [-0.4, -0.2) is 0 Å². The maximum absolute atomic E-state index is 2.41. The molecule has 0 aromatic rings. The smallest absolute Gasteiger partial charge is 0.0360 e. The maximum Gasteiger partial charge on any atom is -0.0360 e. The first-order chi connectivity index (χ1) is 3.88. The van der Waals surface area contributed by atoms with E-state index in [0.717, 1.165) is 11.8 Å². The molecule has 2 rings (SSSR count). The molecule has 0 aliphatic heterocycles. The number of rotatable bonds is 0. The standard InChI is InChI=1S/C8H14/c1-6-5-7-3-2-4-8(6)7/h6-8H,2-5H2,1H3/t6-,7+,8-/m1/s1. The predicted molar refractivity (Wildman–Crippen MR) is 34.6 cm³/mol. The van der Waals surface area contributed by atoms with E-state index in [-0.39, 0.29) is 0 Å². The lowest BCUT2D eigenvalue weighted by Gasteiger charge is -2.37. The van der Waals surface area contributed by atoms with Crippen LogP contribution in [0.3, 0.4) is 0 Å². The Bertz CT molecular complexity index is 96.2. The normalized spacial score (nSPS) is 52.9. The molecular formula is C8H14. The molecule has 0 aromatic heterocycles. The first kappa shape index (κ1) is 4.84. The minimum absolute atomic E-state index is 1.09. The molecule has 0 nitrogen and oxygen atoms in total. The van der Waals surface area contributed by atoms with Crippen LogP contribution >= 0.6 is 0 Å². The second-order valence-electron chi connectivity index (χ2n) is 3.57. The molecule has 0 heterocycles. The average molecular weight is 110 g/mol. The van der Waals surface area contributed by atoms with Crippen molar-refractivity contribution in [2.45, 2.75) is 32.6 Å². The summed E-state index contributed by atoms with van der Waals surface area (Å²) in [5.41, 5.74) is 0. The fraction of sp³-hybridized carbons (Fsp3) is 1.00. The van der Waals surface area contributed by atoms with E-state index in [1.807, 2.05) is 0 Å². The van der Waals surface area contributed by atoms with Gasteiger partial charge < -0.3 is 0 Å². The highest BCUT2D eigenvalue weighted by Crippen LogP contribution is 2.50. The lowest BCUT2D eigenvalue weighted by Crippen LogP contribution is -2.29. The van der Waals surface area contributed by atoms with Crippen molar-refractivity contribution in [2.75, 3.05) is 0 Å². The predicted octanol–water partition coefficient (Wildman–Crippen LogP) is 2.44. The van der Waals surface area contributed by atoms with Gasteiger partial charge >= 0.3 is 0 Å². The highest BCUT2D eigenvalue weighted by atomic mass is 14.5. The van der Waals surface area contributed by atoms with E-state index >= 15 is 0 Å². The van der Waals surface area contributed by atoms with Crippen LogP contribution in [0.15, 0.2) is 0 Å². The van der Waals surface area contributed by atoms with E-state index < -0.39 is 0 Å². The van der Waals surface area contributed by atoms with Crippen LogP contribution in [0, 0.1) is 17.8 Å². The Morgan fingerprint density at radius 2 is 2.12 bits per heavy atom. The molecule has 0 radical (unpaired) electrons. The van der Waals surface area contributed by atoms with Gasteiger partial charge in [-0.1, -0.05) is 19.8 Å². The SMILES string of the molecule is C[C@@H]1C[C@@H]2CCC[C@@H]21. The van der Waals surface area contributed by atoms with Crippen LogP contribution < -0.4 is 0 Å². The molecule has 0 aromatic carbocycles. The van der Waals surface area contributed by atoms with Crippen molar-refractivity contribution >= 4 is 0 Å². The molecule has 0 amide bonds. The Hall–Kier alpha value is 0. The molecule has 2 aliphatic rings. The third-order valence-electron chi connectivity index (χ3n) is 3.12. The van der Waals surface area contributed by atoms with Crippen LogP contribution in [0.4, 0.5) is 0 Å². The molecule has 3 atom stereocenters. The molecule has 0 unspecified atom stereocenters. The van der Waals surface area contributed by atoms with Crippen molar-refractivity contribution in [3.8, 4) is 0 Å². The Balaban J connectivity index is 2.02. The highest BCUT2D eigenvalue weighted by Gasteiger charge is 2.40. The van der Waals surface area contributed by atoms with E-state index in [0.29, 0.717) is 0 Å². The highest BCUT2D eigenvalue weighted by molar-refractivity contribution is 4.90. The van der Waals surface area contributed by atoms with E-state index in [1.165, 1.54) is 12.3 Å². The van der Waals surface area contributed by atoms with E-state index in [4.69, 9.17) is 0 Å². The molecule has 2 saturated carbocycles. The van der Waals surface area contributed by atoms with Crippen LogP contribution in [0.5, 0.6) is 0 Å². The minimum atomic E-state index is 1.09. The van der Waals surface area contributed by atoms with Gasteiger partial charge in [0.15, 0.2) is 0 Å². The number of fused-ring (bicyclic) bond motifs is 1. The van der Waals surface area contributed by atoms with Crippen molar-refractivity contribution < 1.29 is 0 Å². The number of hydrogen-bond donors (Lipinski definition) is 0. The summed E-state index contributed by atoms with van der Waals surface area (Å²) in [5.74, 6) is 3.42. The fourth-order valence-corrected chi connectivity index (χ4v) is 2.56. The van der Waals surface area contributed by atoms with Gasteiger partial charge in [-0.15, -0.1) is 0 Å². The number of hydrogen-bond acceptors (Lipinski definition) is 0. The van der Waals surface area contributed by atoms with Crippen LogP contribution in [0.25, 0.3) is 0 Å². The second-order valence-corrected chi connectivity index (χ2v) is 3.57. The first-order valence-electron chi connectivity index (χ1n) is 3.88. The molecular weight excluding hydrogens is 96.1 g/mol. The van der Waals surface area contributed by atoms with Gasteiger partial charge in [0.05, 0.1) is 0 Å². The van der Waals surface area contributed by atoms with Gasteiger partial charge in [0.2, 0.25) is 0 Å². The summed E-state index contributed by atoms with van der Waals surface area (Å²) in [6.07, 6.45) is 6.17. The van der Waals surface area contributed by atoms with Gasteiger partial charge in [-0.2, -0.15) is 0 Å². The fourth-order valence-electron chi connectivity index (χ4n) is 2.56. The third kappa shape index (κ3) is 0.463. The van der Waals surface area contributed by atoms with Gasteiger partial charge in [-0.3, -0.25) is 0 Å². The largest absolute Gasteiger partial charge is 0.0622 e. The zero-order valence-electron chi connectivity index (χ0n) is 5.56. The summed E-state index contributed by atoms with van der Waals surface area (Å²) < 4.78 is 0. The summed E-state index contributed by atoms with van der Waals surface area (Å²) in [4.78, 5) is 0. The Morgan fingerprint density at radius 3 is 2.62 bits per heavy atom. The summed E-state index contributed by atoms with van der Waals surface area (Å²) in [6, 6.07) is 0. The van der Waals surface area contributed by atoms with Crippen molar-refractivity contribution in [3.63, 3.8) is 0 Å². The Kier molecular flexibility index (Phi) is 0.902. The summed E-state index contributed by atoms with van der Waals surface area (Å²) in [7, 11) is 0. The van der Waals surface area contributed by atoms with Crippen molar-refractivity contribution in [3.05, 3.63) is 0 Å². The molecule has 46 valence electrons. The maximum atomic E-state index is 2.41. The molecule has 8 heavy (non-hydrogen) atoms. The second kappa shape index (κ2) is 1.49. The minimum Gasteiger partial charge on any atom is -0.0622 e. The van der Waals surface area contributed by atoms with Gasteiger partial charge in [0.1, 0.15) is 0 Å². The van der Waals surface area contributed by atoms with Crippen molar-refractivity contribution in [1.82, 2.24) is 0 Å². The van der Waals surface area contributed by atoms with Crippen LogP contribution in [-0.2, 0) is 0 Å². The monoisotopic (exact) mass is 110 g/mol. The van der Waals surface area contributed by atoms with Gasteiger partial charge in [0.25, 0.3) is 0 Å². The average Bonchev–Trinajstić information content (AvgIpc) is 2.09. The quantitative estimate of drug-likeness (QED) is 0.449. The molecule has 2 aliphatic carbocycles. The van der Waals surface area contributed by atoms with Gasteiger partial charge in [-0.05, 0) is 30.6 Å². The zero-order chi connectivity index (χ0) is 5.56. The summed E-state index contributed by atoms with van der Waals surface area (Å²) >= 11 is 0. The molecule has 0 saturated heterocycles. The first-order valence-corrected chi connectivity index (χ1v) is 3.88. The molecule has 0 heteroatoms.